The van der Waals surface area contributed by atoms with Gasteiger partial charge in [0.25, 0.3) is 0 Å². The number of nitrogens with one attached hydrogen (secondary N) is 1. The van der Waals surface area contributed by atoms with Gasteiger partial charge in [0.15, 0.2) is 0 Å². The minimum atomic E-state index is -0.373. The van der Waals surface area contributed by atoms with Crippen molar-refractivity contribution >= 4 is 23.6 Å². The number of rotatable bonds is 6. The molecule has 0 saturated carbocycles. The molecular formula is C15H20N2O3. The van der Waals surface area contributed by atoms with Crippen LogP contribution in [-0.4, -0.2) is 24.5 Å². The van der Waals surface area contributed by atoms with Crippen molar-refractivity contribution in [3.8, 4) is 0 Å². The molecule has 0 heterocycles. The van der Waals surface area contributed by atoms with E-state index in [0.717, 1.165) is 5.56 Å². The molecule has 0 saturated heterocycles. The van der Waals surface area contributed by atoms with E-state index in [4.69, 9.17) is 10.5 Å². The van der Waals surface area contributed by atoms with Crippen molar-refractivity contribution < 1.29 is 14.3 Å². The van der Waals surface area contributed by atoms with Crippen LogP contribution in [-0.2, 0) is 14.3 Å². The van der Waals surface area contributed by atoms with Crippen molar-refractivity contribution in [2.45, 2.75) is 26.3 Å². The van der Waals surface area contributed by atoms with Crippen LogP contribution >= 0.6 is 0 Å². The van der Waals surface area contributed by atoms with Crippen LogP contribution < -0.4 is 11.1 Å². The fraction of sp³-hybridized carbons (Fsp3) is 0.333. The van der Waals surface area contributed by atoms with Crippen LogP contribution in [0.3, 0.4) is 0 Å². The molecular weight excluding hydrogens is 256 g/mol. The van der Waals surface area contributed by atoms with Crippen LogP contribution in [0.1, 0.15) is 25.8 Å². The highest BCUT2D eigenvalue weighted by Crippen LogP contribution is 2.11. The molecule has 1 atom stereocenters. The van der Waals surface area contributed by atoms with E-state index in [1.54, 1.807) is 44.2 Å². The third-order valence-electron chi connectivity index (χ3n) is 2.40. The Bertz CT molecular complexity index is 478. The van der Waals surface area contributed by atoms with Gasteiger partial charge < -0.3 is 15.8 Å². The molecule has 0 aliphatic carbocycles. The van der Waals surface area contributed by atoms with E-state index in [9.17, 15) is 9.59 Å². The van der Waals surface area contributed by atoms with E-state index in [1.165, 1.54) is 6.08 Å². The van der Waals surface area contributed by atoms with Gasteiger partial charge in [0.1, 0.15) is 0 Å². The Balaban J connectivity index is 2.56. The van der Waals surface area contributed by atoms with Crippen LogP contribution in [0.4, 0.5) is 5.69 Å². The van der Waals surface area contributed by atoms with Gasteiger partial charge in [-0.2, -0.15) is 0 Å². The fourth-order valence-corrected chi connectivity index (χ4v) is 1.54. The van der Waals surface area contributed by atoms with Gasteiger partial charge in [0.2, 0.25) is 5.91 Å². The second-order valence-corrected chi connectivity index (χ2v) is 4.44. The van der Waals surface area contributed by atoms with Gasteiger partial charge in [-0.3, -0.25) is 4.79 Å². The normalized spacial score (nSPS) is 12.2. The maximum absolute atomic E-state index is 11.5. The summed E-state index contributed by atoms with van der Waals surface area (Å²) in [5.74, 6) is -0.489. The summed E-state index contributed by atoms with van der Waals surface area (Å²) in [4.78, 5) is 22.7. The minimum Gasteiger partial charge on any atom is -0.463 e. The molecule has 0 aromatic heterocycles. The number of esters is 1. The van der Waals surface area contributed by atoms with E-state index in [-0.39, 0.29) is 24.3 Å². The zero-order valence-corrected chi connectivity index (χ0v) is 11.8. The standard InChI is InChI=1S/C15H20N2O3/c1-3-20-15(19)9-6-12-4-7-13(8-5-12)17-14(18)10-11(2)16/h4-9,11H,3,10,16H2,1-2H3,(H,17,18). The molecule has 0 bridgehead atoms. The van der Waals surface area contributed by atoms with Crippen molar-refractivity contribution in [2.75, 3.05) is 11.9 Å². The van der Waals surface area contributed by atoms with Gasteiger partial charge in [-0.1, -0.05) is 12.1 Å². The third-order valence-corrected chi connectivity index (χ3v) is 2.40. The largest absolute Gasteiger partial charge is 0.463 e. The van der Waals surface area contributed by atoms with Gasteiger partial charge in [-0.05, 0) is 37.6 Å². The minimum absolute atomic E-state index is 0.116. The van der Waals surface area contributed by atoms with Crippen molar-refractivity contribution in [1.29, 1.82) is 0 Å². The molecule has 0 fully saturated rings. The summed E-state index contributed by atoms with van der Waals surface area (Å²) in [5, 5.41) is 2.75. The van der Waals surface area contributed by atoms with Crippen molar-refractivity contribution in [3.63, 3.8) is 0 Å². The molecule has 108 valence electrons. The lowest BCUT2D eigenvalue weighted by Gasteiger charge is -2.07. The number of carbonyl (C=O) groups excluding carboxylic acids is 2. The summed E-state index contributed by atoms with van der Waals surface area (Å²) in [6.45, 7) is 3.89. The predicted molar refractivity (Wildman–Crippen MR) is 79.0 cm³/mol. The maximum Gasteiger partial charge on any atom is 0.330 e. The van der Waals surface area contributed by atoms with E-state index in [2.05, 4.69) is 5.32 Å². The van der Waals surface area contributed by atoms with E-state index in [1.807, 2.05) is 0 Å². The van der Waals surface area contributed by atoms with Crippen LogP contribution in [0.2, 0.25) is 0 Å². The molecule has 1 aromatic carbocycles. The lowest BCUT2D eigenvalue weighted by atomic mass is 10.2. The molecule has 3 N–H and O–H groups in total. The number of anilines is 1. The first-order valence-electron chi connectivity index (χ1n) is 6.51. The Morgan fingerprint density at radius 2 is 2.00 bits per heavy atom. The Morgan fingerprint density at radius 1 is 1.35 bits per heavy atom. The summed E-state index contributed by atoms with van der Waals surface area (Å²) >= 11 is 0. The van der Waals surface area contributed by atoms with Crippen molar-refractivity contribution in [1.82, 2.24) is 0 Å². The molecule has 5 nitrogen and oxygen atoms in total. The van der Waals surface area contributed by atoms with E-state index >= 15 is 0 Å². The number of ether oxygens (including phenoxy) is 1. The lowest BCUT2D eigenvalue weighted by molar-refractivity contribution is -0.137. The van der Waals surface area contributed by atoms with Crippen molar-refractivity contribution in [3.05, 3.63) is 35.9 Å². The summed E-state index contributed by atoms with van der Waals surface area (Å²) in [6.07, 6.45) is 3.31. The molecule has 1 unspecified atom stereocenters. The SMILES string of the molecule is CCOC(=O)C=Cc1ccc(NC(=O)CC(C)N)cc1. The molecule has 5 heteroatoms. The number of hydrogen-bond donors (Lipinski definition) is 2. The molecule has 0 spiro atoms. The zero-order valence-electron chi connectivity index (χ0n) is 11.8. The summed E-state index contributed by atoms with van der Waals surface area (Å²) in [6, 6.07) is 6.98. The van der Waals surface area contributed by atoms with Crippen LogP contribution in [0.5, 0.6) is 0 Å². The highest BCUT2D eigenvalue weighted by atomic mass is 16.5. The molecule has 1 amide bonds. The van der Waals surface area contributed by atoms with Gasteiger partial charge in [-0.25, -0.2) is 4.79 Å². The highest BCUT2D eigenvalue weighted by molar-refractivity contribution is 5.91. The summed E-state index contributed by atoms with van der Waals surface area (Å²) < 4.78 is 4.78. The maximum atomic E-state index is 11.5. The average molecular weight is 276 g/mol. The topological polar surface area (TPSA) is 81.4 Å². The average Bonchev–Trinajstić information content (AvgIpc) is 2.37. The van der Waals surface area contributed by atoms with Gasteiger partial charge in [0.05, 0.1) is 6.61 Å². The molecule has 20 heavy (non-hydrogen) atoms. The van der Waals surface area contributed by atoms with Crippen LogP contribution in [0, 0.1) is 0 Å². The number of carbonyl (C=O) groups is 2. The Kier molecular flexibility index (Phi) is 6.46. The van der Waals surface area contributed by atoms with Crippen LogP contribution in [0.25, 0.3) is 6.08 Å². The first kappa shape index (κ1) is 15.9. The van der Waals surface area contributed by atoms with Gasteiger partial charge >= 0.3 is 5.97 Å². The van der Waals surface area contributed by atoms with E-state index < -0.39 is 0 Å². The van der Waals surface area contributed by atoms with Crippen molar-refractivity contribution in [2.24, 2.45) is 5.73 Å². The molecule has 1 aromatic rings. The Labute approximate surface area is 118 Å². The molecule has 1 rings (SSSR count). The highest BCUT2D eigenvalue weighted by Gasteiger charge is 2.05. The molecule has 0 radical (unpaired) electrons. The van der Waals surface area contributed by atoms with Crippen LogP contribution in [0.15, 0.2) is 30.3 Å². The number of hydrogen-bond acceptors (Lipinski definition) is 4. The van der Waals surface area contributed by atoms with Gasteiger partial charge in [-0.15, -0.1) is 0 Å². The van der Waals surface area contributed by atoms with E-state index in [0.29, 0.717) is 12.3 Å². The lowest BCUT2D eigenvalue weighted by Crippen LogP contribution is -2.23. The predicted octanol–water partition coefficient (Wildman–Crippen LogP) is 1.94. The monoisotopic (exact) mass is 276 g/mol. The summed E-state index contributed by atoms with van der Waals surface area (Å²) in [5.41, 5.74) is 7.10. The Morgan fingerprint density at radius 3 is 2.55 bits per heavy atom. The molecule has 0 aliphatic heterocycles. The summed E-state index contributed by atoms with van der Waals surface area (Å²) in [7, 11) is 0. The Hall–Kier alpha value is -2.14. The zero-order chi connectivity index (χ0) is 15.0. The first-order chi connectivity index (χ1) is 9.51. The molecule has 0 aliphatic rings. The second-order valence-electron chi connectivity index (χ2n) is 4.44. The number of amides is 1. The fourth-order valence-electron chi connectivity index (χ4n) is 1.54. The third kappa shape index (κ3) is 6.15. The van der Waals surface area contributed by atoms with Gasteiger partial charge in [0, 0.05) is 24.2 Å². The quantitative estimate of drug-likeness (QED) is 0.614. The smallest absolute Gasteiger partial charge is 0.330 e. The number of benzene rings is 1. The second kappa shape index (κ2) is 8.12. The first-order valence-corrected chi connectivity index (χ1v) is 6.51. The number of nitrogens with two attached hydrogens (primary N) is 1.